The molecule has 0 amide bonds. The molecule has 21 heavy (non-hydrogen) atoms. The SMILES string of the molecule is COC(=O)c1cc(F)ccc1NCc1c(O)cccc1Cl. The number of phenols is 1. The molecule has 2 aromatic rings. The van der Waals surface area contributed by atoms with Crippen molar-refractivity contribution in [1.29, 1.82) is 0 Å². The number of esters is 1. The maximum Gasteiger partial charge on any atom is 0.340 e. The second-order valence-electron chi connectivity index (χ2n) is 4.27. The van der Waals surface area contributed by atoms with E-state index in [-0.39, 0.29) is 17.9 Å². The van der Waals surface area contributed by atoms with Gasteiger partial charge in [0.15, 0.2) is 0 Å². The number of anilines is 1. The minimum atomic E-state index is -0.652. The van der Waals surface area contributed by atoms with Crippen molar-refractivity contribution in [2.75, 3.05) is 12.4 Å². The van der Waals surface area contributed by atoms with Gasteiger partial charge in [0.05, 0.1) is 12.7 Å². The Bertz CT molecular complexity index is 656. The van der Waals surface area contributed by atoms with Gasteiger partial charge in [-0.05, 0) is 30.3 Å². The first-order chi connectivity index (χ1) is 10.0. The molecular weight excluding hydrogens is 297 g/mol. The highest BCUT2D eigenvalue weighted by Crippen LogP contribution is 2.27. The van der Waals surface area contributed by atoms with Crippen LogP contribution in [0.15, 0.2) is 36.4 Å². The van der Waals surface area contributed by atoms with Crippen LogP contribution in [0.5, 0.6) is 5.75 Å². The van der Waals surface area contributed by atoms with Crippen LogP contribution in [0.4, 0.5) is 10.1 Å². The van der Waals surface area contributed by atoms with Crippen molar-refractivity contribution in [1.82, 2.24) is 0 Å². The zero-order chi connectivity index (χ0) is 15.4. The van der Waals surface area contributed by atoms with Crippen LogP contribution in [0.25, 0.3) is 0 Å². The minimum absolute atomic E-state index is 0.0386. The Kier molecular flexibility index (Phi) is 4.65. The molecule has 6 heteroatoms. The molecule has 0 atom stereocenters. The van der Waals surface area contributed by atoms with Crippen LogP contribution < -0.4 is 5.32 Å². The summed E-state index contributed by atoms with van der Waals surface area (Å²) in [5.74, 6) is -1.15. The molecule has 0 radical (unpaired) electrons. The van der Waals surface area contributed by atoms with Crippen molar-refractivity contribution < 1.29 is 19.0 Å². The number of methoxy groups -OCH3 is 1. The molecule has 4 nitrogen and oxygen atoms in total. The van der Waals surface area contributed by atoms with Gasteiger partial charge in [0.2, 0.25) is 0 Å². The molecule has 0 heterocycles. The molecule has 0 spiro atoms. The lowest BCUT2D eigenvalue weighted by Gasteiger charge is -2.12. The van der Waals surface area contributed by atoms with E-state index in [2.05, 4.69) is 10.1 Å². The molecule has 0 aliphatic heterocycles. The van der Waals surface area contributed by atoms with E-state index in [9.17, 15) is 14.3 Å². The Morgan fingerprint density at radius 3 is 2.81 bits per heavy atom. The van der Waals surface area contributed by atoms with Gasteiger partial charge in [0.1, 0.15) is 11.6 Å². The molecule has 0 aliphatic carbocycles. The molecule has 0 unspecified atom stereocenters. The van der Waals surface area contributed by atoms with Gasteiger partial charge in [-0.25, -0.2) is 9.18 Å². The monoisotopic (exact) mass is 309 g/mol. The fourth-order valence-electron chi connectivity index (χ4n) is 1.86. The van der Waals surface area contributed by atoms with E-state index in [1.807, 2.05) is 0 Å². The van der Waals surface area contributed by atoms with E-state index in [0.717, 1.165) is 6.07 Å². The van der Waals surface area contributed by atoms with Gasteiger partial charge in [-0.3, -0.25) is 0 Å². The fraction of sp³-hybridized carbons (Fsp3) is 0.133. The third-order valence-corrected chi connectivity index (χ3v) is 3.29. The molecule has 0 aliphatic rings. The maximum atomic E-state index is 13.2. The number of aromatic hydroxyl groups is 1. The van der Waals surface area contributed by atoms with E-state index >= 15 is 0 Å². The summed E-state index contributed by atoms with van der Waals surface area (Å²) in [6.45, 7) is 0.182. The average Bonchev–Trinajstić information content (AvgIpc) is 2.47. The summed E-state index contributed by atoms with van der Waals surface area (Å²) in [5, 5.41) is 13.1. The highest BCUT2D eigenvalue weighted by atomic mass is 35.5. The number of halogens is 2. The Morgan fingerprint density at radius 1 is 1.38 bits per heavy atom. The molecule has 2 N–H and O–H groups in total. The molecule has 0 bridgehead atoms. The van der Waals surface area contributed by atoms with Crippen LogP contribution >= 0.6 is 11.6 Å². The zero-order valence-corrected chi connectivity index (χ0v) is 11.9. The van der Waals surface area contributed by atoms with E-state index < -0.39 is 11.8 Å². The van der Waals surface area contributed by atoms with Crippen molar-refractivity contribution in [3.63, 3.8) is 0 Å². The van der Waals surface area contributed by atoms with Gasteiger partial charge in [-0.15, -0.1) is 0 Å². The molecule has 2 rings (SSSR count). The van der Waals surface area contributed by atoms with E-state index in [0.29, 0.717) is 16.3 Å². The predicted octanol–water partition coefficient (Wildman–Crippen LogP) is 3.58. The number of hydrogen-bond donors (Lipinski definition) is 2. The molecule has 0 saturated carbocycles. The second-order valence-corrected chi connectivity index (χ2v) is 4.68. The molecule has 2 aromatic carbocycles. The lowest BCUT2D eigenvalue weighted by molar-refractivity contribution is 0.0601. The van der Waals surface area contributed by atoms with E-state index in [1.54, 1.807) is 12.1 Å². The number of rotatable bonds is 4. The third kappa shape index (κ3) is 3.44. The Balaban J connectivity index is 2.26. The first-order valence-electron chi connectivity index (χ1n) is 6.11. The van der Waals surface area contributed by atoms with Crippen LogP contribution in [-0.4, -0.2) is 18.2 Å². The molecule has 110 valence electrons. The van der Waals surface area contributed by atoms with Gasteiger partial charge >= 0.3 is 5.97 Å². The summed E-state index contributed by atoms with van der Waals surface area (Å²) < 4.78 is 17.8. The lowest BCUT2D eigenvalue weighted by atomic mass is 10.1. The first kappa shape index (κ1) is 15.1. The van der Waals surface area contributed by atoms with Gasteiger partial charge in [-0.2, -0.15) is 0 Å². The highest BCUT2D eigenvalue weighted by molar-refractivity contribution is 6.31. The summed E-state index contributed by atoms with van der Waals surface area (Å²) in [4.78, 5) is 11.6. The maximum absolute atomic E-state index is 13.2. The zero-order valence-electron chi connectivity index (χ0n) is 11.2. The van der Waals surface area contributed by atoms with Crippen molar-refractivity contribution in [2.45, 2.75) is 6.54 Å². The normalized spacial score (nSPS) is 10.2. The van der Waals surface area contributed by atoms with Crippen LogP contribution in [0, 0.1) is 5.82 Å². The minimum Gasteiger partial charge on any atom is -0.508 e. The number of benzene rings is 2. The third-order valence-electron chi connectivity index (χ3n) is 2.94. The standard InChI is InChI=1S/C15H13ClFNO3/c1-21-15(20)10-7-9(17)5-6-13(10)18-8-11-12(16)3-2-4-14(11)19/h2-7,18-19H,8H2,1H3. The Hall–Kier alpha value is -2.27. The number of ether oxygens (including phenoxy) is 1. The molecular formula is C15H13ClFNO3. The van der Waals surface area contributed by atoms with Crippen LogP contribution in [-0.2, 0) is 11.3 Å². The predicted molar refractivity (Wildman–Crippen MR) is 78.2 cm³/mol. The van der Waals surface area contributed by atoms with Crippen molar-refractivity contribution >= 4 is 23.3 Å². The Morgan fingerprint density at radius 2 is 2.14 bits per heavy atom. The first-order valence-corrected chi connectivity index (χ1v) is 6.49. The van der Waals surface area contributed by atoms with Crippen LogP contribution in [0.3, 0.4) is 0 Å². The van der Waals surface area contributed by atoms with Crippen molar-refractivity contribution in [3.05, 3.63) is 58.4 Å². The van der Waals surface area contributed by atoms with E-state index in [4.69, 9.17) is 11.6 Å². The average molecular weight is 310 g/mol. The quantitative estimate of drug-likeness (QED) is 0.848. The molecule has 0 fully saturated rings. The lowest BCUT2D eigenvalue weighted by Crippen LogP contribution is -2.09. The van der Waals surface area contributed by atoms with Gasteiger partial charge < -0.3 is 15.2 Å². The molecule has 0 aromatic heterocycles. The number of carbonyl (C=O) groups is 1. The van der Waals surface area contributed by atoms with Gasteiger partial charge in [-0.1, -0.05) is 17.7 Å². The number of carbonyl (C=O) groups excluding carboxylic acids is 1. The fourth-order valence-corrected chi connectivity index (χ4v) is 2.09. The summed E-state index contributed by atoms with van der Waals surface area (Å²) in [6, 6.07) is 8.51. The largest absolute Gasteiger partial charge is 0.508 e. The van der Waals surface area contributed by atoms with Gasteiger partial charge in [0.25, 0.3) is 0 Å². The van der Waals surface area contributed by atoms with Crippen LogP contribution in [0.2, 0.25) is 5.02 Å². The molecule has 0 saturated heterocycles. The Labute approximate surface area is 126 Å². The number of nitrogens with one attached hydrogen (secondary N) is 1. The number of hydrogen-bond acceptors (Lipinski definition) is 4. The van der Waals surface area contributed by atoms with Crippen molar-refractivity contribution in [2.24, 2.45) is 0 Å². The smallest absolute Gasteiger partial charge is 0.340 e. The number of phenolic OH excluding ortho intramolecular Hbond substituents is 1. The summed E-state index contributed by atoms with van der Waals surface area (Å²) in [5.41, 5.74) is 0.950. The van der Waals surface area contributed by atoms with Crippen LogP contribution in [0.1, 0.15) is 15.9 Å². The topological polar surface area (TPSA) is 58.6 Å². The highest BCUT2D eigenvalue weighted by Gasteiger charge is 2.14. The summed E-state index contributed by atoms with van der Waals surface area (Å²) in [7, 11) is 1.22. The second kappa shape index (κ2) is 6.45. The van der Waals surface area contributed by atoms with Crippen molar-refractivity contribution in [3.8, 4) is 5.75 Å². The summed E-state index contributed by atoms with van der Waals surface area (Å²) >= 11 is 6.00. The van der Waals surface area contributed by atoms with Gasteiger partial charge in [0, 0.05) is 22.8 Å². The van der Waals surface area contributed by atoms with E-state index in [1.165, 1.54) is 25.3 Å². The summed E-state index contributed by atoms with van der Waals surface area (Å²) in [6.07, 6.45) is 0.